The molecule has 10 heteroatoms. The Kier molecular flexibility index (Phi) is 6.13. The Balaban J connectivity index is 1.42. The molecule has 6 rings (SSSR count). The number of nitrogens with zero attached hydrogens (tertiary/aromatic N) is 4. The van der Waals surface area contributed by atoms with Gasteiger partial charge in [-0.15, -0.1) is 0 Å². The first kappa shape index (κ1) is 23.9. The predicted molar refractivity (Wildman–Crippen MR) is 144 cm³/mol. The van der Waals surface area contributed by atoms with Gasteiger partial charge in [-0.3, -0.25) is 14.6 Å². The summed E-state index contributed by atoms with van der Waals surface area (Å²) >= 11 is 6.19. The van der Waals surface area contributed by atoms with Gasteiger partial charge in [0.25, 0.3) is 11.8 Å². The SMILES string of the molecule is C[C@@H]1CCn2nc(-c3cncc(Cl)c3)c(C(=O)N[C@H]3N=C(c4ccccc4)c4ccccc4NC3=O)c2O1. The zero-order chi connectivity index (χ0) is 26.2. The van der Waals surface area contributed by atoms with Gasteiger partial charge in [0.2, 0.25) is 12.0 Å². The van der Waals surface area contributed by atoms with Crippen LogP contribution in [-0.2, 0) is 11.3 Å². The van der Waals surface area contributed by atoms with Crippen molar-refractivity contribution in [2.75, 3.05) is 5.32 Å². The molecule has 9 nitrogen and oxygen atoms in total. The molecule has 38 heavy (non-hydrogen) atoms. The number of amides is 2. The molecular weight excluding hydrogens is 504 g/mol. The third kappa shape index (κ3) is 4.41. The van der Waals surface area contributed by atoms with Crippen LogP contribution in [0.5, 0.6) is 5.88 Å². The third-order valence-corrected chi connectivity index (χ3v) is 6.64. The van der Waals surface area contributed by atoms with Crippen molar-refractivity contribution in [1.82, 2.24) is 20.1 Å². The van der Waals surface area contributed by atoms with Crippen molar-refractivity contribution in [3.05, 3.63) is 94.8 Å². The van der Waals surface area contributed by atoms with Crippen LogP contribution in [0.15, 0.2) is 78.0 Å². The van der Waals surface area contributed by atoms with Gasteiger partial charge < -0.3 is 15.4 Å². The van der Waals surface area contributed by atoms with Gasteiger partial charge in [0, 0.05) is 42.0 Å². The van der Waals surface area contributed by atoms with Crippen LogP contribution in [0.1, 0.15) is 34.8 Å². The molecule has 0 fully saturated rings. The minimum Gasteiger partial charge on any atom is -0.474 e. The van der Waals surface area contributed by atoms with E-state index in [2.05, 4.69) is 20.7 Å². The molecule has 4 aromatic rings. The lowest BCUT2D eigenvalue weighted by atomic mass is 10.0. The molecule has 0 radical (unpaired) electrons. The molecule has 0 saturated carbocycles. The molecular formula is C28H23ClN6O3. The second kappa shape index (κ2) is 9.75. The maximum absolute atomic E-state index is 13.9. The number of anilines is 1. The lowest BCUT2D eigenvalue weighted by molar-refractivity contribution is -0.117. The summed E-state index contributed by atoms with van der Waals surface area (Å²) in [4.78, 5) is 36.0. The van der Waals surface area contributed by atoms with Crippen molar-refractivity contribution in [2.24, 2.45) is 4.99 Å². The van der Waals surface area contributed by atoms with Gasteiger partial charge in [0.1, 0.15) is 11.3 Å². The molecule has 2 atom stereocenters. The van der Waals surface area contributed by atoms with Crippen LogP contribution >= 0.6 is 11.6 Å². The largest absolute Gasteiger partial charge is 0.474 e. The number of benzene rings is 2. The van der Waals surface area contributed by atoms with Gasteiger partial charge in [0.15, 0.2) is 0 Å². The van der Waals surface area contributed by atoms with Gasteiger partial charge in [-0.25, -0.2) is 9.67 Å². The highest BCUT2D eigenvalue weighted by Gasteiger charge is 2.33. The molecule has 0 unspecified atom stereocenters. The summed E-state index contributed by atoms with van der Waals surface area (Å²) in [5.41, 5.74) is 3.91. The number of pyridine rings is 1. The van der Waals surface area contributed by atoms with Gasteiger partial charge in [0.05, 0.1) is 22.5 Å². The highest BCUT2D eigenvalue weighted by Crippen LogP contribution is 2.35. The predicted octanol–water partition coefficient (Wildman–Crippen LogP) is 4.32. The standard InChI is InChI=1S/C28H23ClN6O3/c1-16-11-12-35-28(38-16)22(24(34-35)18-13-19(29)15-30-14-18)26(36)33-25-27(37)31-21-10-6-5-9-20(21)23(32-25)17-7-3-2-4-8-17/h2-10,13-16,25H,11-12H2,1H3,(H,31,37)(H,33,36)/t16-,25-/m1/s1. The summed E-state index contributed by atoms with van der Waals surface area (Å²) in [6, 6.07) is 18.6. The Morgan fingerprint density at radius 3 is 2.71 bits per heavy atom. The van der Waals surface area contributed by atoms with Crippen LogP contribution in [0.4, 0.5) is 5.69 Å². The van der Waals surface area contributed by atoms with E-state index >= 15 is 0 Å². The fourth-order valence-electron chi connectivity index (χ4n) is 4.60. The zero-order valence-corrected chi connectivity index (χ0v) is 21.1. The third-order valence-electron chi connectivity index (χ3n) is 6.43. The molecule has 2 N–H and O–H groups in total. The summed E-state index contributed by atoms with van der Waals surface area (Å²) in [7, 11) is 0. The van der Waals surface area contributed by atoms with Crippen molar-refractivity contribution < 1.29 is 14.3 Å². The smallest absolute Gasteiger partial charge is 0.269 e. The fourth-order valence-corrected chi connectivity index (χ4v) is 4.77. The number of para-hydroxylation sites is 1. The van der Waals surface area contributed by atoms with Crippen LogP contribution in [-0.4, -0.2) is 44.6 Å². The number of benzodiazepines with no additional fused rings is 1. The first-order valence-corrected chi connectivity index (χ1v) is 12.6. The number of carbonyl (C=O) groups excluding carboxylic acids is 2. The Labute approximate surface area is 223 Å². The number of hydrogen-bond donors (Lipinski definition) is 2. The molecule has 2 amide bonds. The highest BCUT2D eigenvalue weighted by molar-refractivity contribution is 6.30. The van der Waals surface area contributed by atoms with Crippen LogP contribution < -0.4 is 15.4 Å². The molecule has 0 aliphatic carbocycles. The molecule has 190 valence electrons. The fraction of sp³-hybridized carbons (Fsp3) is 0.179. The average Bonchev–Trinajstić information content (AvgIpc) is 3.24. The van der Waals surface area contributed by atoms with Crippen LogP contribution in [0.2, 0.25) is 5.02 Å². The monoisotopic (exact) mass is 526 g/mol. The van der Waals surface area contributed by atoms with Crippen molar-refractivity contribution in [1.29, 1.82) is 0 Å². The van der Waals surface area contributed by atoms with E-state index in [-0.39, 0.29) is 11.7 Å². The Morgan fingerprint density at radius 2 is 1.89 bits per heavy atom. The molecule has 0 spiro atoms. The Morgan fingerprint density at radius 1 is 1.11 bits per heavy atom. The average molecular weight is 527 g/mol. The maximum Gasteiger partial charge on any atom is 0.269 e. The normalized spacial score (nSPS) is 18.3. The first-order chi connectivity index (χ1) is 18.5. The maximum atomic E-state index is 13.9. The molecule has 2 aliphatic heterocycles. The second-order valence-corrected chi connectivity index (χ2v) is 9.55. The summed E-state index contributed by atoms with van der Waals surface area (Å²) in [5.74, 6) is -0.670. The summed E-state index contributed by atoms with van der Waals surface area (Å²) in [6.07, 6.45) is 2.53. The van der Waals surface area contributed by atoms with Crippen molar-refractivity contribution in [3.8, 4) is 17.1 Å². The number of nitrogens with one attached hydrogen (secondary N) is 2. The van der Waals surface area contributed by atoms with E-state index in [1.54, 1.807) is 16.9 Å². The highest BCUT2D eigenvalue weighted by atomic mass is 35.5. The van der Waals surface area contributed by atoms with Gasteiger partial charge in [-0.05, 0) is 19.1 Å². The van der Waals surface area contributed by atoms with Crippen LogP contribution in [0, 0.1) is 0 Å². The van der Waals surface area contributed by atoms with Crippen molar-refractivity contribution in [2.45, 2.75) is 32.2 Å². The van der Waals surface area contributed by atoms with E-state index in [1.807, 2.05) is 61.5 Å². The van der Waals surface area contributed by atoms with E-state index in [0.29, 0.717) is 40.1 Å². The quantitative estimate of drug-likeness (QED) is 0.411. The number of fused-ring (bicyclic) bond motifs is 2. The second-order valence-electron chi connectivity index (χ2n) is 9.12. The van der Waals surface area contributed by atoms with E-state index < -0.39 is 18.0 Å². The lowest BCUT2D eigenvalue weighted by Gasteiger charge is -2.22. The number of aryl methyl sites for hydroxylation is 1. The van der Waals surface area contributed by atoms with Crippen molar-refractivity contribution in [3.63, 3.8) is 0 Å². The van der Waals surface area contributed by atoms with E-state index in [0.717, 1.165) is 17.5 Å². The number of ether oxygens (including phenoxy) is 1. The minimum absolute atomic E-state index is 0.102. The van der Waals surface area contributed by atoms with Gasteiger partial charge in [-0.2, -0.15) is 5.10 Å². The number of hydrogen-bond acceptors (Lipinski definition) is 6. The molecule has 2 aromatic carbocycles. The summed E-state index contributed by atoms with van der Waals surface area (Å²) in [5, 5.41) is 10.8. The number of halogens is 1. The van der Waals surface area contributed by atoms with Crippen LogP contribution in [0.25, 0.3) is 11.3 Å². The van der Waals surface area contributed by atoms with Crippen molar-refractivity contribution >= 4 is 34.8 Å². The topological polar surface area (TPSA) is 111 Å². The molecule has 0 saturated heterocycles. The molecule has 4 heterocycles. The number of aromatic nitrogens is 3. The van der Waals surface area contributed by atoms with Gasteiger partial charge in [-0.1, -0.05) is 60.1 Å². The summed E-state index contributed by atoms with van der Waals surface area (Å²) < 4.78 is 7.71. The van der Waals surface area contributed by atoms with E-state index in [1.165, 1.54) is 6.20 Å². The van der Waals surface area contributed by atoms with E-state index in [9.17, 15) is 9.59 Å². The first-order valence-electron chi connectivity index (χ1n) is 12.2. The molecule has 2 aromatic heterocycles. The number of carbonyl (C=O) groups is 2. The summed E-state index contributed by atoms with van der Waals surface area (Å²) in [6.45, 7) is 2.52. The van der Waals surface area contributed by atoms with Gasteiger partial charge >= 0.3 is 0 Å². The lowest BCUT2D eigenvalue weighted by Crippen LogP contribution is -2.42. The minimum atomic E-state index is -1.20. The zero-order valence-electron chi connectivity index (χ0n) is 20.4. The Hall–Kier alpha value is -4.50. The Bertz CT molecular complexity index is 1580. The van der Waals surface area contributed by atoms with E-state index in [4.69, 9.17) is 21.3 Å². The molecule has 0 bridgehead atoms. The molecule has 2 aliphatic rings. The number of rotatable bonds is 4. The number of aliphatic imine (C=N–C) groups is 1. The van der Waals surface area contributed by atoms with Crippen LogP contribution in [0.3, 0.4) is 0 Å².